The van der Waals surface area contributed by atoms with Gasteiger partial charge in [0, 0.05) is 45.0 Å². The Labute approximate surface area is 223 Å². The zero-order valence-corrected chi connectivity index (χ0v) is 22.8. The van der Waals surface area contributed by atoms with Gasteiger partial charge in [-0.2, -0.15) is 9.40 Å². The van der Waals surface area contributed by atoms with Crippen molar-refractivity contribution >= 4 is 33.0 Å². The number of aryl methyl sites for hydroxylation is 1. The van der Waals surface area contributed by atoms with Crippen LogP contribution in [0.5, 0.6) is 0 Å². The van der Waals surface area contributed by atoms with Gasteiger partial charge in [-0.3, -0.25) is 9.59 Å². The van der Waals surface area contributed by atoms with Gasteiger partial charge in [-0.1, -0.05) is 12.8 Å². The Kier molecular flexibility index (Phi) is 7.54. The predicted molar refractivity (Wildman–Crippen MR) is 146 cm³/mol. The lowest BCUT2D eigenvalue weighted by Crippen LogP contribution is -2.37. The maximum absolute atomic E-state index is 13.5. The summed E-state index contributed by atoms with van der Waals surface area (Å²) in [4.78, 5) is 26.9. The normalized spacial score (nSPS) is 17.9. The van der Waals surface area contributed by atoms with Crippen molar-refractivity contribution in [3.63, 3.8) is 0 Å². The highest BCUT2D eigenvalue weighted by molar-refractivity contribution is 7.89. The van der Waals surface area contributed by atoms with Crippen molar-refractivity contribution in [1.29, 1.82) is 0 Å². The van der Waals surface area contributed by atoms with Gasteiger partial charge in [-0.15, -0.1) is 0 Å². The number of hydrogen-bond donors (Lipinski definition) is 1. The van der Waals surface area contributed by atoms with Crippen LogP contribution >= 0.6 is 0 Å². The van der Waals surface area contributed by atoms with Crippen molar-refractivity contribution in [3.8, 4) is 0 Å². The van der Waals surface area contributed by atoms with Crippen LogP contribution in [0.25, 0.3) is 5.52 Å². The largest absolute Gasteiger partial charge is 0.339 e. The van der Waals surface area contributed by atoms with E-state index in [1.165, 1.54) is 36.2 Å². The molecule has 202 valence electrons. The maximum atomic E-state index is 13.5. The van der Waals surface area contributed by atoms with E-state index >= 15 is 0 Å². The third-order valence-corrected chi connectivity index (χ3v) is 9.59. The summed E-state index contributed by atoms with van der Waals surface area (Å²) in [6.07, 6.45) is 7.71. The number of rotatable bonds is 5. The maximum Gasteiger partial charge on any atom is 0.257 e. The van der Waals surface area contributed by atoms with Crippen molar-refractivity contribution < 1.29 is 18.0 Å². The van der Waals surface area contributed by atoms with Gasteiger partial charge >= 0.3 is 0 Å². The van der Waals surface area contributed by atoms with Gasteiger partial charge in [0.05, 0.1) is 21.7 Å². The molecular formula is C28H35N5O4S. The van der Waals surface area contributed by atoms with Crippen LogP contribution in [0.15, 0.2) is 47.5 Å². The lowest BCUT2D eigenvalue weighted by Gasteiger charge is -2.31. The highest BCUT2D eigenvalue weighted by Gasteiger charge is 2.31. The van der Waals surface area contributed by atoms with Crippen molar-refractivity contribution in [2.24, 2.45) is 0 Å². The van der Waals surface area contributed by atoms with Gasteiger partial charge < -0.3 is 10.2 Å². The number of sulfonamides is 1. The summed E-state index contributed by atoms with van der Waals surface area (Å²) in [7, 11) is -3.62. The molecule has 0 aliphatic carbocycles. The van der Waals surface area contributed by atoms with Crippen LogP contribution in [-0.2, 0) is 14.8 Å². The molecule has 0 bridgehead atoms. The minimum atomic E-state index is -3.62. The van der Waals surface area contributed by atoms with E-state index in [1.807, 2.05) is 24.1 Å². The van der Waals surface area contributed by atoms with E-state index in [0.717, 1.165) is 42.7 Å². The quantitative estimate of drug-likeness (QED) is 0.526. The van der Waals surface area contributed by atoms with Gasteiger partial charge in [-0.05, 0) is 80.5 Å². The minimum Gasteiger partial charge on any atom is -0.339 e. The molecule has 0 radical (unpaired) electrons. The third kappa shape index (κ3) is 5.33. The number of anilines is 1. The number of fused-ring (bicyclic) bond motifs is 1. The van der Waals surface area contributed by atoms with Crippen molar-refractivity contribution in [3.05, 3.63) is 59.4 Å². The monoisotopic (exact) mass is 537 g/mol. The van der Waals surface area contributed by atoms with Gasteiger partial charge in [-0.25, -0.2) is 12.9 Å². The second kappa shape index (κ2) is 10.9. The lowest BCUT2D eigenvalue weighted by atomic mass is 9.90. The fourth-order valence-electron chi connectivity index (χ4n) is 5.62. The number of aromatic nitrogens is 2. The van der Waals surface area contributed by atoms with Crippen LogP contribution in [-0.4, -0.2) is 65.2 Å². The summed E-state index contributed by atoms with van der Waals surface area (Å²) in [5.74, 6) is 0.0531. The van der Waals surface area contributed by atoms with Gasteiger partial charge in [0.25, 0.3) is 5.91 Å². The van der Waals surface area contributed by atoms with Gasteiger partial charge in [0.1, 0.15) is 0 Å². The number of pyridine rings is 1. The SMILES string of the molecule is CC(=O)Nc1ccc(S(=O)(=O)N2CCC(c3ccn4nc(C)c(C(=O)N5CCCCCC5)c4c3)CC2)cc1. The molecule has 0 unspecified atom stereocenters. The predicted octanol–water partition coefficient (Wildman–Crippen LogP) is 4.19. The molecule has 1 aromatic carbocycles. The molecular weight excluding hydrogens is 502 g/mol. The van der Waals surface area contributed by atoms with Crippen LogP contribution in [0.1, 0.15) is 73.0 Å². The van der Waals surface area contributed by atoms with Crippen LogP contribution in [0.2, 0.25) is 0 Å². The molecule has 2 aromatic heterocycles. The number of nitrogens with zero attached hydrogens (tertiary/aromatic N) is 4. The molecule has 2 fully saturated rings. The smallest absolute Gasteiger partial charge is 0.257 e. The molecule has 10 heteroatoms. The topological polar surface area (TPSA) is 104 Å². The summed E-state index contributed by atoms with van der Waals surface area (Å²) < 4.78 is 29.8. The van der Waals surface area contributed by atoms with Crippen LogP contribution in [0.3, 0.4) is 0 Å². The molecule has 1 N–H and O–H groups in total. The van der Waals surface area contributed by atoms with E-state index in [4.69, 9.17) is 0 Å². The Balaban J connectivity index is 1.31. The first kappa shape index (κ1) is 26.4. The first-order valence-corrected chi connectivity index (χ1v) is 14.8. The van der Waals surface area contributed by atoms with E-state index < -0.39 is 10.0 Å². The van der Waals surface area contributed by atoms with Crippen LogP contribution in [0.4, 0.5) is 5.69 Å². The number of hydrogen-bond acceptors (Lipinski definition) is 5. The summed E-state index contributed by atoms with van der Waals surface area (Å²) >= 11 is 0. The molecule has 2 amide bonds. The lowest BCUT2D eigenvalue weighted by molar-refractivity contribution is -0.114. The molecule has 0 saturated carbocycles. The zero-order valence-electron chi connectivity index (χ0n) is 22.0. The summed E-state index contributed by atoms with van der Waals surface area (Å²) in [5, 5.41) is 7.25. The molecule has 2 saturated heterocycles. The van der Waals surface area contributed by atoms with Gasteiger partial charge in [0.2, 0.25) is 15.9 Å². The Hall–Kier alpha value is -3.24. The highest BCUT2D eigenvalue weighted by atomic mass is 32.2. The van der Waals surface area contributed by atoms with Crippen molar-refractivity contribution in [2.75, 3.05) is 31.5 Å². The number of nitrogens with one attached hydrogen (secondary N) is 1. The Morgan fingerprint density at radius 1 is 0.947 bits per heavy atom. The van der Waals surface area contributed by atoms with E-state index in [-0.39, 0.29) is 22.6 Å². The average molecular weight is 538 g/mol. The highest BCUT2D eigenvalue weighted by Crippen LogP contribution is 2.32. The molecule has 3 aromatic rings. The van der Waals surface area contributed by atoms with Crippen LogP contribution in [0, 0.1) is 6.92 Å². The fraction of sp³-hybridized carbons (Fsp3) is 0.464. The molecule has 38 heavy (non-hydrogen) atoms. The second-order valence-corrected chi connectivity index (χ2v) is 12.3. The number of likely N-dealkylation sites (tertiary alicyclic amines) is 1. The Bertz CT molecular complexity index is 1430. The number of benzene rings is 1. The second-order valence-electron chi connectivity index (χ2n) is 10.3. The van der Waals surface area contributed by atoms with Gasteiger partial charge in [0.15, 0.2) is 0 Å². The van der Waals surface area contributed by atoms with Crippen molar-refractivity contribution in [1.82, 2.24) is 18.8 Å². The molecule has 5 rings (SSSR count). The standard InChI is InChI=1S/C28H35N5O4S/c1-20-27(28(35)31-14-5-3-4-6-15-31)26-19-23(13-18-33(26)30-20)22-11-16-32(17-12-22)38(36,37)25-9-7-24(8-10-25)29-21(2)34/h7-10,13,18-19,22H,3-6,11-12,14-17H2,1-2H3,(H,29,34). The first-order chi connectivity index (χ1) is 18.2. The van der Waals surface area contributed by atoms with E-state index in [9.17, 15) is 18.0 Å². The average Bonchev–Trinajstić information content (AvgIpc) is 3.05. The molecule has 0 atom stereocenters. The summed E-state index contributed by atoms with van der Waals surface area (Å²) in [6, 6.07) is 10.4. The van der Waals surface area contributed by atoms with E-state index in [2.05, 4.69) is 16.5 Å². The van der Waals surface area contributed by atoms with Crippen molar-refractivity contribution in [2.45, 2.75) is 63.2 Å². The third-order valence-electron chi connectivity index (χ3n) is 7.68. The zero-order chi connectivity index (χ0) is 26.9. The van der Waals surface area contributed by atoms with E-state index in [0.29, 0.717) is 37.2 Å². The van der Waals surface area contributed by atoms with Crippen LogP contribution < -0.4 is 5.32 Å². The summed E-state index contributed by atoms with van der Waals surface area (Å²) in [5.41, 5.74) is 3.91. The molecule has 4 heterocycles. The first-order valence-electron chi connectivity index (χ1n) is 13.4. The number of amides is 2. The Morgan fingerprint density at radius 3 is 2.24 bits per heavy atom. The molecule has 9 nitrogen and oxygen atoms in total. The Morgan fingerprint density at radius 2 is 1.61 bits per heavy atom. The molecule has 0 spiro atoms. The number of carbonyl (C=O) groups is 2. The summed E-state index contributed by atoms with van der Waals surface area (Å²) in [6.45, 7) is 5.72. The van der Waals surface area contributed by atoms with E-state index in [1.54, 1.807) is 16.6 Å². The number of piperidine rings is 1. The number of carbonyl (C=O) groups excluding carboxylic acids is 2. The fourth-order valence-corrected chi connectivity index (χ4v) is 7.09. The molecule has 2 aliphatic rings. The molecule has 2 aliphatic heterocycles. The minimum absolute atomic E-state index is 0.0574.